The van der Waals surface area contributed by atoms with Crippen molar-refractivity contribution in [1.82, 2.24) is 29.9 Å². The Kier molecular flexibility index (Phi) is 8.32. The zero-order valence-electron chi connectivity index (χ0n) is 21.7. The number of benzene rings is 1. The number of fused-ring (bicyclic) bond motifs is 1. The minimum absolute atomic E-state index is 0.00515. The molecule has 1 fully saturated rings. The second-order valence-corrected chi connectivity index (χ2v) is 9.61. The predicted molar refractivity (Wildman–Crippen MR) is 140 cm³/mol. The van der Waals surface area contributed by atoms with Crippen molar-refractivity contribution in [1.29, 1.82) is 0 Å². The van der Waals surface area contributed by atoms with Crippen molar-refractivity contribution in [2.24, 2.45) is 0 Å². The zero-order valence-corrected chi connectivity index (χ0v) is 21.7. The predicted octanol–water partition coefficient (Wildman–Crippen LogP) is 2.90. The maximum Gasteiger partial charge on any atom is 0.254 e. The van der Waals surface area contributed by atoms with Crippen molar-refractivity contribution in [3.8, 4) is 11.3 Å². The van der Waals surface area contributed by atoms with E-state index in [9.17, 15) is 9.59 Å². The van der Waals surface area contributed by atoms with E-state index in [-0.39, 0.29) is 17.9 Å². The molecule has 1 aliphatic heterocycles. The highest BCUT2D eigenvalue weighted by molar-refractivity contribution is 6.06. The number of pyridine rings is 1. The first-order valence-corrected chi connectivity index (χ1v) is 12.6. The number of aromatic nitrogens is 3. The summed E-state index contributed by atoms with van der Waals surface area (Å²) in [5.41, 5.74) is 4.23. The minimum Gasteiger partial charge on any atom is -0.385 e. The second kappa shape index (κ2) is 11.6. The molecule has 0 unspecified atom stereocenters. The van der Waals surface area contributed by atoms with Gasteiger partial charge in [-0.3, -0.25) is 14.5 Å². The van der Waals surface area contributed by atoms with Gasteiger partial charge >= 0.3 is 0 Å². The Morgan fingerprint density at radius 1 is 1.11 bits per heavy atom. The maximum atomic E-state index is 13.7. The molecule has 192 valence electrons. The first-order valence-electron chi connectivity index (χ1n) is 12.6. The van der Waals surface area contributed by atoms with Crippen LogP contribution in [-0.4, -0.2) is 89.4 Å². The first-order chi connectivity index (χ1) is 17.4. The number of amides is 2. The standard InChI is InChI=1S/C27H36N6O3/c1-19(2)33-26-23(17-29-33)22(16-24(30-26)21-8-6-20(3)7-9-21)27(35)32-13-11-31(12-14-32)18-25(34)28-10-5-15-36-4/h6-9,16-17,19H,5,10-15,18H2,1-4H3,(H,28,34). The van der Waals surface area contributed by atoms with Gasteiger partial charge in [0.1, 0.15) is 0 Å². The molecule has 3 aromatic rings. The SMILES string of the molecule is COCCCNC(=O)CN1CCN(C(=O)c2cc(-c3ccc(C)cc3)nc3c2cnn3C(C)C)CC1. The summed E-state index contributed by atoms with van der Waals surface area (Å²) in [5.74, 6) is -0.0201. The number of carbonyl (C=O) groups excluding carboxylic acids is 2. The molecule has 0 aliphatic carbocycles. The summed E-state index contributed by atoms with van der Waals surface area (Å²) >= 11 is 0. The number of rotatable bonds is 9. The molecule has 36 heavy (non-hydrogen) atoms. The third kappa shape index (κ3) is 5.91. The molecule has 9 heteroatoms. The van der Waals surface area contributed by atoms with E-state index in [1.807, 2.05) is 34.7 Å². The largest absolute Gasteiger partial charge is 0.385 e. The Labute approximate surface area is 212 Å². The molecule has 0 bridgehead atoms. The van der Waals surface area contributed by atoms with Crippen LogP contribution in [0.1, 0.15) is 42.2 Å². The van der Waals surface area contributed by atoms with Crippen molar-refractivity contribution < 1.29 is 14.3 Å². The lowest BCUT2D eigenvalue weighted by Gasteiger charge is -2.34. The summed E-state index contributed by atoms with van der Waals surface area (Å²) < 4.78 is 6.88. The van der Waals surface area contributed by atoms with Gasteiger partial charge in [-0.05, 0) is 33.3 Å². The Balaban J connectivity index is 1.50. The number of hydrogen-bond acceptors (Lipinski definition) is 6. The number of hydrogen-bond donors (Lipinski definition) is 1. The molecule has 0 atom stereocenters. The van der Waals surface area contributed by atoms with Gasteiger partial charge in [0.05, 0.1) is 29.4 Å². The summed E-state index contributed by atoms with van der Waals surface area (Å²) in [6.07, 6.45) is 2.54. The molecule has 1 aliphatic rings. The van der Waals surface area contributed by atoms with Crippen LogP contribution in [-0.2, 0) is 9.53 Å². The summed E-state index contributed by atoms with van der Waals surface area (Å²) in [6, 6.07) is 10.2. The molecule has 0 saturated carbocycles. The van der Waals surface area contributed by atoms with Gasteiger partial charge in [-0.2, -0.15) is 5.10 Å². The molecular weight excluding hydrogens is 456 g/mol. The van der Waals surface area contributed by atoms with E-state index in [2.05, 4.69) is 41.3 Å². The number of ether oxygens (including phenoxy) is 1. The van der Waals surface area contributed by atoms with Crippen molar-refractivity contribution in [3.05, 3.63) is 47.7 Å². The lowest BCUT2D eigenvalue weighted by atomic mass is 10.0. The molecular formula is C27H36N6O3. The van der Waals surface area contributed by atoms with Crippen LogP contribution in [0.3, 0.4) is 0 Å². The quantitative estimate of drug-likeness (QED) is 0.462. The highest BCUT2D eigenvalue weighted by Crippen LogP contribution is 2.28. The van der Waals surface area contributed by atoms with E-state index in [0.717, 1.165) is 28.7 Å². The highest BCUT2D eigenvalue weighted by atomic mass is 16.5. The van der Waals surface area contributed by atoms with E-state index in [0.29, 0.717) is 51.4 Å². The molecule has 1 N–H and O–H groups in total. The number of nitrogens with one attached hydrogen (secondary N) is 1. The third-order valence-electron chi connectivity index (χ3n) is 6.51. The summed E-state index contributed by atoms with van der Waals surface area (Å²) in [5, 5.41) is 8.23. The van der Waals surface area contributed by atoms with Crippen LogP contribution < -0.4 is 5.32 Å². The Hall–Kier alpha value is -3.30. The molecule has 4 rings (SSSR count). The molecule has 1 saturated heterocycles. The molecule has 0 radical (unpaired) electrons. The van der Waals surface area contributed by atoms with Crippen molar-refractivity contribution in [3.63, 3.8) is 0 Å². The lowest BCUT2D eigenvalue weighted by Crippen LogP contribution is -2.51. The lowest BCUT2D eigenvalue weighted by molar-refractivity contribution is -0.122. The maximum absolute atomic E-state index is 13.7. The van der Waals surface area contributed by atoms with Crippen LogP contribution >= 0.6 is 0 Å². The number of nitrogens with zero attached hydrogens (tertiary/aromatic N) is 5. The summed E-state index contributed by atoms with van der Waals surface area (Å²) in [6.45, 7) is 10.2. The van der Waals surface area contributed by atoms with Gasteiger partial charge in [0, 0.05) is 58.0 Å². The molecule has 2 amide bonds. The molecule has 1 aromatic carbocycles. The van der Waals surface area contributed by atoms with Crippen LogP contribution in [0.25, 0.3) is 22.3 Å². The zero-order chi connectivity index (χ0) is 25.7. The Morgan fingerprint density at radius 3 is 2.50 bits per heavy atom. The summed E-state index contributed by atoms with van der Waals surface area (Å²) in [4.78, 5) is 34.8. The molecule has 0 spiro atoms. The fourth-order valence-corrected chi connectivity index (χ4v) is 4.43. The van der Waals surface area contributed by atoms with Gasteiger partial charge in [0.25, 0.3) is 5.91 Å². The number of carbonyl (C=O) groups is 2. The van der Waals surface area contributed by atoms with E-state index in [1.54, 1.807) is 13.3 Å². The number of piperazine rings is 1. The van der Waals surface area contributed by atoms with Crippen LogP contribution in [0.2, 0.25) is 0 Å². The average molecular weight is 493 g/mol. The van der Waals surface area contributed by atoms with Crippen LogP contribution in [0, 0.1) is 6.92 Å². The normalized spacial score (nSPS) is 14.5. The van der Waals surface area contributed by atoms with E-state index in [1.165, 1.54) is 5.56 Å². The topological polar surface area (TPSA) is 92.6 Å². The van der Waals surface area contributed by atoms with Crippen LogP contribution in [0.15, 0.2) is 36.5 Å². The number of methoxy groups -OCH3 is 1. The monoisotopic (exact) mass is 492 g/mol. The first kappa shape index (κ1) is 25.8. The fraction of sp³-hybridized carbons (Fsp3) is 0.481. The molecule has 9 nitrogen and oxygen atoms in total. The van der Waals surface area contributed by atoms with E-state index in [4.69, 9.17) is 9.72 Å². The van der Waals surface area contributed by atoms with Gasteiger partial charge in [-0.15, -0.1) is 0 Å². The fourth-order valence-electron chi connectivity index (χ4n) is 4.43. The van der Waals surface area contributed by atoms with E-state index < -0.39 is 0 Å². The number of aryl methyl sites for hydroxylation is 1. The average Bonchev–Trinajstić information content (AvgIpc) is 3.31. The van der Waals surface area contributed by atoms with Gasteiger partial charge in [-0.25, -0.2) is 9.67 Å². The van der Waals surface area contributed by atoms with Gasteiger partial charge < -0.3 is 15.0 Å². The highest BCUT2D eigenvalue weighted by Gasteiger charge is 2.26. The minimum atomic E-state index is -0.0252. The van der Waals surface area contributed by atoms with Crippen molar-refractivity contribution >= 4 is 22.8 Å². The van der Waals surface area contributed by atoms with Gasteiger partial charge in [0.15, 0.2) is 5.65 Å². The van der Waals surface area contributed by atoms with Crippen molar-refractivity contribution in [2.45, 2.75) is 33.2 Å². The van der Waals surface area contributed by atoms with Crippen molar-refractivity contribution in [2.75, 3.05) is 53.0 Å². The van der Waals surface area contributed by atoms with Gasteiger partial charge in [0.2, 0.25) is 5.91 Å². The third-order valence-corrected chi connectivity index (χ3v) is 6.51. The van der Waals surface area contributed by atoms with Crippen LogP contribution in [0.4, 0.5) is 0 Å². The molecule has 3 heterocycles. The van der Waals surface area contributed by atoms with Gasteiger partial charge in [-0.1, -0.05) is 29.8 Å². The Bertz CT molecular complexity index is 1200. The Morgan fingerprint density at radius 2 is 1.83 bits per heavy atom. The van der Waals surface area contributed by atoms with Crippen LogP contribution in [0.5, 0.6) is 0 Å². The summed E-state index contributed by atoms with van der Waals surface area (Å²) in [7, 11) is 1.65. The smallest absolute Gasteiger partial charge is 0.254 e. The molecule has 2 aromatic heterocycles. The van der Waals surface area contributed by atoms with E-state index >= 15 is 0 Å². The second-order valence-electron chi connectivity index (χ2n) is 9.61.